The SMILES string of the molecule is Cc1nn(Cc2ccccc2Cl)c(C)c1/C=C/C(=O)O[C@H](C)C#N. The van der Waals surface area contributed by atoms with Crippen molar-refractivity contribution in [1.82, 2.24) is 9.78 Å². The lowest BCUT2D eigenvalue weighted by Crippen LogP contribution is -2.10. The summed E-state index contributed by atoms with van der Waals surface area (Å²) >= 11 is 6.20. The van der Waals surface area contributed by atoms with Crippen molar-refractivity contribution in [3.8, 4) is 6.07 Å². The Bertz CT molecular complexity index is 818. The van der Waals surface area contributed by atoms with E-state index in [0.29, 0.717) is 11.6 Å². The number of halogens is 1. The molecule has 5 nitrogen and oxygen atoms in total. The van der Waals surface area contributed by atoms with Crippen molar-refractivity contribution in [2.24, 2.45) is 0 Å². The fourth-order valence-electron chi connectivity index (χ4n) is 2.29. The number of rotatable bonds is 5. The molecule has 0 amide bonds. The van der Waals surface area contributed by atoms with Gasteiger partial charge in [-0.2, -0.15) is 10.4 Å². The molecule has 1 atom stereocenters. The number of carbonyl (C=O) groups is 1. The molecule has 24 heavy (non-hydrogen) atoms. The first-order valence-electron chi connectivity index (χ1n) is 7.48. The standard InChI is InChI=1S/C18H18ClN3O2/c1-12(10-20)24-18(23)9-8-16-13(2)21-22(14(16)3)11-15-6-4-5-7-17(15)19/h4-9,12H,11H2,1-3H3/b9-8+/t12-/m1/s1. The van der Waals surface area contributed by atoms with Gasteiger partial charge in [0.25, 0.3) is 0 Å². The smallest absolute Gasteiger partial charge is 0.332 e. The second-order valence-electron chi connectivity index (χ2n) is 5.38. The number of hydrogen-bond donors (Lipinski definition) is 0. The summed E-state index contributed by atoms with van der Waals surface area (Å²) in [5, 5.41) is 13.8. The molecule has 0 saturated carbocycles. The van der Waals surface area contributed by atoms with E-state index >= 15 is 0 Å². The largest absolute Gasteiger partial charge is 0.444 e. The van der Waals surface area contributed by atoms with Gasteiger partial charge in [-0.3, -0.25) is 4.68 Å². The van der Waals surface area contributed by atoms with Crippen molar-refractivity contribution < 1.29 is 9.53 Å². The van der Waals surface area contributed by atoms with Crippen LogP contribution in [0.3, 0.4) is 0 Å². The third-order valence-electron chi connectivity index (χ3n) is 3.58. The van der Waals surface area contributed by atoms with Crippen LogP contribution in [0.2, 0.25) is 5.02 Å². The van der Waals surface area contributed by atoms with Crippen LogP contribution in [0.15, 0.2) is 30.3 Å². The molecular formula is C18H18ClN3O2. The molecule has 2 rings (SSSR count). The molecule has 0 fully saturated rings. The van der Waals surface area contributed by atoms with Crippen LogP contribution >= 0.6 is 11.6 Å². The van der Waals surface area contributed by atoms with E-state index in [0.717, 1.165) is 22.5 Å². The highest BCUT2D eigenvalue weighted by Gasteiger charge is 2.12. The summed E-state index contributed by atoms with van der Waals surface area (Å²) in [6.07, 6.45) is 2.20. The number of aryl methyl sites for hydroxylation is 1. The number of nitrogens with zero attached hydrogens (tertiary/aromatic N) is 3. The Hall–Kier alpha value is -2.58. The van der Waals surface area contributed by atoms with Gasteiger partial charge in [-0.05, 0) is 38.5 Å². The summed E-state index contributed by atoms with van der Waals surface area (Å²) in [7, 11) is 0. The van der Waals surface area contributed by atoms with E-state index in [1.54, 1.807) is 6.08 Å². The van der Waals surface area contributed by atoms with Crippen molar-refractivity contribution >= 4 is 23.6 Å². The molecule has 0 unspecified atom stereocenters. The van der Waals surface area contributed by atoms with Gasteiger partial charge in [-0.1, -0.05) is 29.8 Å². The van der Waals surface area contributed by atoms with Crippen LogP contribution in [0.25, 0.3) is 6.08 Å². The third-order valence-corrected chi connectivity index (χ3v) is 3.94. The predicted octanol–water partition coefficient (Wildman–Crippen LogP) is 3.67. The van der Waals surface area contributed by atoms with Gasteiger partial charge in [-0.25, -0.2) is 4.79 Å². The average molecular weight is 344 g/mol. The monoisotopic (exact) mass is 343 g/mol. The Morgan fingerprint density at radius 2 is 2.17 bits per heavy atom. The molecule has 0 saturated heterocycles. The molecule has 6 heteroatoms. The minimum atomic E-state index is -0.771. The van der Waals surface area contributed by atoms with Crippen LogP contribution < -0.4 is 0 Å². The van der Waals surface area contributed by atoms with Crippen molar-refractivity contribution in [3.05, 3.63) is 57.9 Å². The zero-order valence-corrected chi connectivity index (χ0v) is 14.5. The minimum Gasteiger partial charge on any atom is -0.444 e. The molecule has 124 valence electrons. The zero-order chi connectivity index (χ0) is 17.7. The lowest BCUT2D eigenvalue weighted by atomic mass is 10.1. The van der Waals surface area contributed by atoms with E-state index in [-0.39, 0.29) is 0 Å². The minimum absolute atomic E-state index is 0.552. The van der Waals surface area contributed by atoms with Gasteiger partial charge in [-0.15, -0.1) is 0 Å². The predicted molar refractivity (Wildman–Crippen MR) is 92.5 cm³/mol. The Morgan fingerprint density at radius 3 is 2.83 bits per heavy atom. The number of aromatic nitrogens is 2. The highest BCUT2D eigenvalue weighted by molar-refractivity contribution is 6.31. The van der Waals surface area contributed by atoms with E-state index in [9.17, 15) is 4.79 Å². The fraction of sp³-hybridized carbons (Fsp3) is 0.278. The van der Waals surface area contributed by atoms with E-state index in [2.05, 4.69) is 5.10 Å². The highest BCUT2D eigenvalue weighted by atomic mass is 35.5. The van der Waals surface area contributed by atoms with Gasteiger partial charge in [0.15, 0.2) is 6.10 Å². The van der Waals surface area contributed by atoms with Gasteiger partial charge < -0.3 is 4.74 Å². The summed E-state index contributed by atoms with van der Waals surface area (Å²) in [6, 6.07) is 9.46. The number of carbonyl (C=O) groups excluding carboxylic acids is 1. The van der Waals surface area contributed by atoms with Gasteiger partial charge in [0.1, 0.15) is 6.07 Å². The van der Waals surface area contributed by atoms with Gasteiger partial charge in [0, 0.05) is 22.4 Å². The molecule has 0 aliphatic heterocycles. The third kappa shape index (κ3) is 4.24. The van der Waals surface area contributed by atoms with Gasteiger partial charge >= 0.3 is 5.97 Å². The number of ether oxygens (including phenoxy) is 1. The normalized spacial score (nSPS) is 12.1. The van der Waals surface area contributed by atoms with Gasteiger partial charge in [0.05, 0.1) is 12.2 Å². The summed E-state index contributed by atoms with van der Waals surface area (Å²) in [5.74, 6) is -0.554. The summed E-state index contributed by atoms with van der Waals surface area (Å²) in [6.45, 7) is 5.87. The molecule has 0 N–H and O–H groups in total. The van der Waals surface area contributed by atoms with E-state index in [1.807, 2.05) is 48.9 Å². The lowest BCUT2D eigenvalue weighted by Gasteiger charge is -2.06. The second-order valence-corrected chi connectivity index (χ2v) is 5.78. The molecule has 0 radical (unpaired) electrons. The maximum absolute atomic E-state index is 11.6. The Kier molecular flexibility index (Phi) is 5.78. The van der Waals surface area contributed by atoms with Crippen molar-refractivity contribution in [3.63, 3.8) is 0 Å². The van der Waals surface area contributed by atoms with Crippen LogP contribution in [0, 0.1) is 25.2 Å². The van der Waals surface area contributed by atoms with Crippen molar-refractivity contribution in [1.29, 1.82) is 5.26 Å². The number of esters is 1. The van der Waals surface area contributed by atoms with Crippen molar-refractivity contribution in [2.45, 2.75) is 33.4 Å². The first-order chi connectivity index (χ1) is 11.4. The lowest BCUT2D eigenvalue weighted by molar-refractivity contribution is -0.139. The Morgan fingerprint density at radius 1 is 1.46 bits per heavy atom. The Balaban J connectivity index is 2.19. The topological polar surface area (TPSA) is 67.9 Å². The van der Waals surface area contributed by atoms with Gasteiger partial charge in [0.2, 0.25) is 0 Å². The van der Waals surface area contributed by atoms with E-state index in [1.165, 1.54) is 13.0 Å². The van der Waals surface area contributed by atoms with Crippen LogP contribution in [-0.4, -0.2) is 21.9 Å². The maximum Gasteiger partial charge on any atom is 0.332 e. The highest BCUT2D eigenvalue weighted by Crippen LogP contribution is 2.20. The quantitative estimate of drug-likeness (QED) is 0.613. The van der Waals surface area contributed by atoms with Crippen LogP contribution in [0.5, 0.6) is 0 Å². The first-order valence-corrected chi connectivity index (χ1v) is 7.86. The molecule has 0 aliphatic carbocycles. The molecule has 1 heterocycles. The second kappa shape index (κ2) is 7.80. The molecule has 2 aromatic rings. The van der Waals surface area contributed by atoms with Crippen LogP contribution in [0.1, 0.15) is 29.4 Å². The average Bonchev–Trinajstić information content (AvgIpc) is 2.81. The van der Waals surface area contributed by atoms with E-state index < -0.39 is 12.1 Å². The Labute approximate surface area is 146 Å². The van der Waals surface area contributed by atoms with Crippen LogP contribution in [0.4, 0.5) is 0 Å². The molecule has 0 spiro atoms. The number of benzene rings is 1. The summed E-state index contributed by atoms with van der Waals surface area (Å²) in [4.78, 5) is 11.6. The molecule has 1 aromatic carbocycles. The molecular weight excluding hydrogens is 326 g/mol. The number of nitriles is 1. The molecule has 1 aromatic heterocycles. The van der Waals surface area contributed by atoms with Crippen LogP contribution in [-0.2, 0) is 16.1 Å². The summed E-state index contributed by atoms with van der Waals surface area (Å²) < 4.78 is 6.73. The van der Waals surface area contributed by atoms with Crippen molar-refractivity contribution in [2.75, 3.05) is 0 Å². The van der Waals surface area contributed by atoms with E-state index in [4.69, 9.17) is 21.6 Å². The summed E-state index contributed by atoms with van der Waals surface area (Å²) in [5.41, 5.74) is 3.55. The fourth-order valence-corrected chi connectivity index (χ4v) is 2.48. The number of hydrogen-bond acceptors (Lipinski definition) is 4. The molecule has 0 bridgehead atoms. The molecule has 0 aliphatic rings. The zero-order valence-electron chi connectivity index (χ0n) is 13.8. The first kappa shape index (κ1) is 17.8. The maximum atomic E-state index is 11.6.